The van der Waals surface area contributed by atoms with Gasteiger partial charge in [-0.1, -0.05) is 72.3 Å². The first-order valence-electron chi connectivity index (χ1n) is 6.70. The molecular formula is C19H13ClO. The first-order chi connectivity index (χ1) is 10.2. The molecule has 0 atom stereocenters. The Kier molecular flexibility index (Phi) is 3.85. The van der Waals surface area contributed by atoms with Crippen LogP contribution >= 0.6 is 11.6 Å². The van der Waals surface area contributed by atoms with E-state index in [1.54, 1.807) is 12.2 Å². The Hall–Kier alpha value is -2.38. The summed E-state index contributed by atoms with van der Waals surface area (Å²) in [4.78, 5) is 12.4. The number of carbonyl (C=O) groups excluding carboxylic acids is 1. The zero-order valence-corrected chi connectivity index (χ0v) is 12.0. The van der Waals surface area contributed by atoms with Gasteiger partial charge in [0.2, 0.25) is 0 Å². The zero-order chi connectivity index (χ0) is 14.7. The van der Waals surface area contributed by atoms with Crippen molar-refractivity contribution in [3.05, 3.63) is 89.0 Å². The van der Waals surface area contributed by atoms with Crippen LogP contribution in [0.4, 0.5) is 0 Å². The minimum Gasteiger partial charge on any atom is -0.289 e. The number of benzene rings is 3. The van der Waals surface area contributed by atoms with Gasteiger partial charge in [0.15, 0.2) is 5.78 Å². The summed E-state index contributed by atoms with van der Waals surface area (Å²) in [5.41, 5.74) is 1.67. The minimum absolute atomic E-state index is 0.00162. The fourth-order valence-corrected chi connectivity index (χ4v) is 2.40. The van der Waals surface area contributed by atoms with Crippen molar-refractivity contribution in [2.45, 2.75) is 0 Å². The Bertz CT molecular complexity index is 811. The van der Waals surface area contributed by atoms with Gasteiger partial charge in [-0.15, -0.1) is 0 Å². The Morgan fingerprint density at radius 3 is 2.38 bits per heavy atom. The van der Waals surface area contributed by atoms with E-state index >= 15 is 0 Å². The lowest BCUT2D eigenvalue weighted by Gasteiger charge is -2.02. The van der Waals surface area contributed by atoms with Gasteiger partial charge >= 0.3 is 0 Å². The molecule has 0 aliphatic carbocycles. The lowest BCUT2D eigenvalue weighted by Crippen LogP contribution is -1.95. The number of rotatable bonds is 3. The van der Waals surface area contributed by atoms with Gasteiger partial charge in [0.05, 0.1) is 0 Å². The summed E-state index contributed by atoms with van der Waals surface area (Å²) in [5, 5.41) is 2.74. The molecule has 0 bridgehead atoms. The molecule has 0 heterocycles. The number of allylic oxidation sites excluding steroid dienone is 1. The Morgan fingerprint density at radius 2 is 1.57 bits per heavy atom. The van der Waals surface area contributed by atoms with Crippen LogP contribution in [0.25, 0.3) is 16.8 Å². The molecular weight excluding hydrogens is 280 g/mol. The van der Waals surface area contributed by atoms with Gasteiger partial charge < -0.3 is 0 Å². The van der Waals surface area contributed by atoms with Gasteiger partial charge in [0.25, 0.3) is 0 Å². The van der Waals surface area contributed by atoms with Gasteiger partial charge in [-0.25, -0.2) is 0 Å². The maximum absolute atomic E-state index is 12.4. The zero-order valence-electron chi connectivity index (χ0n) is 11.3. The third-order valence-electron chi connectivity index (χ3n) is 3.35. The molecule has 0 amide bonds. The van der Waals surface area contributed by atoms with Gasteiger partial charge in [-0.05, 0) is 34.5 Å². The van der Waals surface area contributed by atoms with Crippen molar-refractivity contribution >= 4 is 34.2 Å². The second-order valence-corrected chi connectivity index (χ2v) is 5.21. The van der Waals surface area contributed by atoms with Crippen molar-refractivity contribution in [2.24, 2.45) is 0 Å². The second kappa shape index (κ2) is 5.94. The molecule has 3 aromatic carbocycles. The largest absolute Gasteiger partial charge is 0.289 e. The molecule has 0 saturated heterocycles. The van der Waals surface area contributed by atoms with E-state index in [9.17, 15) is 4.79 Å². The van der Waals surface area contributed by atoms with Gasteiger partial charge in [-0.3, -0.25) is 4.79 Å². The van der Waals surface area contributed by atoms with Crippen LogP contribution < -0.4 is 0 Å². The van der Waals surface area contributed by atoms with E-state index in [1.165, 1.54) is 0 Å². The highest BCUT2D eigenvalue weighted by molar-refractivity contribution is 6.30. The monoisotopic (exact) mass is 292 g/mol. The van der Waals surface area contributed by atoms with Crippen LogP contribution in [0.5, 0.6) is 0 Å². The fraction of sp³-hybridized carbons (Fsp3) is 0. The molecule has 3 rings (SSSR count). The molecule has 2 heteroatoms. The molecule has 0 fully saturated rings. The van der Waals surface area contributed by atoms with E-state index in [2.05, 4.69) is 0 Å². The summed E-state index contributed by atoms with van der Waals surface area (Å²) in [5.74, 6) is 0.00162. The number of hydrogen-bond donors (Lipinski definition) is 0. The molecule has 0 aliphatic heterocycles. The average Bonchev–Trinajstić information content (AvgIpc) is 2.53. The summed E-state index contributed by atoms with van der Waals surface area (Å²) in [6, 6.07) is 21.1. The predicted octanol–water partition coefficient (Wildman–Crippen LogP) is 5.39. The van der Waals surface area contributed by atoms with Crippen LogP contribution in [0.3, 0.4) is 0 Å². The maximum atomic E-state index is 12.4. The Morgan fingerprint density at radius 1 is 0.857 bits per heavy atom. The van der Waals surface area contributed by atoms with Crippen LogP contribution in [0.15, 0.2) is 72.8 Å². The molecule has 102 valence electrons. The van der Waals surface area contributed by atoms with E-state index in [0.717, 1.165) is 21.9 Å². The molecule has 0 aromatic heterocycles. The highest BCUT2D eigenvalue weighted by Gasteiger charge is 2.06. The normalized spacial score (nSPS) is 11.1. The van der Waals surface area contributed by atoms with E-state index in [0.29, 0.717) is 5.02 Å². The number of carbonyl (C=O) groups is 1. The van der Waals surface area contributed by atoms with E-state index in [-0.39, 0.29) is 5.78 Å². The van der Waals surface area contributed by atoms with Crippen molar-refractivity contribution < 1.29 is 4.79 Å². The smallest absolute Gasteiger partial charge is 0.186 e. The van der Waals surface area contributed by atoms with E-state index in [4.69, 9.17) is 11.6 Å². The summed E-state index contributed by atoms with van der Waals surface area (Å²) in [6.45, 7) is 0. The van der Waals surface area contributed by atoms with Crippen LogP contribution in [0.1, 0.15) is 15.9 Å². The number of hydrogen-bond acceptors (Lipinski definition) is 1. The highest BCUT2D eigenvalue weighted by Crippen LogP contribution is 2.19. The van der Waals surface area contributed by atoms with E-state index < -0.39 is 0 Å². The molecule has 0 spiro atoms. The first-order valence-corrected chi connectivity index (χ1v) is 7.07. The van der Waals surface area contributed by atoms with Crippen LogP contribution in [0, 0.1) is 0 Å². The van der Waals surface area contributed by atoms with E-state index in [1.807, 2.05) is 66.7 Å². The lowest BCUT2D eigenvalue weighted by molar-refractivity contribution is 0.104. The Labute approximate surface area is 128 Å². The van der Waals surface area contributed by atoms with Gasteiger partial charge in [0, 0.05) is 10.6 Å². The molecule has 21 heavy (non-hydrogen) atoms. The summed E-state index contributed by atoms with van der Waals surface area (Å²) >= 11 is 5.84. The number of fused-ring (bicyclic) bond motifs is 1. The Balaban J connectivity index is 1.92. The topological polar surface area (TPSA) is 17.1 Å². The predicted molar refractivity (Wildman–Crippen MR) is 88.8 cm³/mol. The molecule has 0 aliphatic rings. The van der Waals surface area contributed by atoms with Crippen molar-refractivity contribution in [2.75, 3.05) is 0 Å². The van der Waals surface area contributed by atoms with Gasteiger partial charge in [-0.2, -0.15) is 0 Å². The van der Waals surface area contributed by atoms with Crippen LogP contribution in [0.2, 0.25) is 5.02 Å². The van der Waals surface area contributed by atoms with Crippen LogP contribution in [-0.4, -0.2) is 5.78 Å². The van der Waals surface area contributed by atoms with Crippen LogP contribution in [-0.2, 0) is 0 Å². The summed E-state index contributed by atoms with van der Waals surface area (Å²) < 4.78 is 0. The SMILES string of the molecule is O=C(C=Cc1ccc(Cl)cc1)c1cccc2ccccc12. The minimum atomic E-state index is 0.00162. The number of halogens is 1. The lowest BCUT2D eigenvalue weighted by atomic mass is 10.0. The van der Waals surface area contributed by atoms with Crippen molar-refractivity contribution in [3.63, 3.8) is 0 Å². The molecule has 0 unspecified atom stereocenters. The molecule has 3 aromatic rings. The summed E-state index contributed by atoms with van der Waals surface area (Å²) in [7, 11) is 0. The fourth-order valence-electron chi connectivity index (χ4n) is 2.28. The highest BCUT2D eigenvalue weighted by atomic mass is 35.5. The second-order valence-electron chi connectivity index (χ2n) is 4.78. The first kappa shape index (κ1) is 13.6. The molecule has 1 nitrogen and oxygen atoms in total. The number of ketones is 1. The van der Waals surface area contributed by atoms with Crippen molar-refractivity contribution in [1.29, 1.82) is 0 Å². The standard InChI is InChI=1S/C19H13ClO/c20-16-11-8-14(9-12-16)10-13-19(21)18-7-3-5-15-4-1-2-6-17(15)18/h1-13H. The summed E-state index contributed by atoms with van der Waals surface area (Å²) in [6.07, 6.45) is 3.41. The molecule has 0 saturated carbocycles. The molecule has 0 radical (unpaired) electrons. The molecule has 0 N–H and O–H groups in total. The van der Waals surface area contributed by atoms with Gasteiger partial charge in [0.1, 0.15) is 0 Å². The third kappa shape index (κ3) is 3.04. The average molecular weight is 293 g/mol. The quantitative estimate of drug-likeness (QED) is 0.467. The van der Waals surface area contributed by atoms with Crippen molar-refractivity contribution in [1.82, 2.24) is 0 Å². The van der Waals surface area contributed by atoms with Crippen molar-refractivity contribution in [3.8, 4) is 0 Å². The third-order valence-corrected chi connectivity index (χ3v) is 3.60. The maximum Gasteiger partial charge on any atom is 0.186 e.